The fourth-order valence-corrected chi connectivity index (χ4v) is 2.86. The zero-order valence-corrected chi connectivity index (χ0v) is 10.4. The van der Waals surface area contributed by atoms with Crippen LogP contribution in [0.5, 0.6) is 0 Å². The number of amides is 1. The normalized spacial score (nSPS) is 27.0. The Kier molecular flexibility index (Phi) is 4.76. The van der Waals surface area contributed by atoms with Gasteiger partial charge < -0.3 is 11.5 Å². The van der Waals surface area contributed by atoms with Crippen molar-refractivity contribution in [1.82, 2.24) is 5.32 Å². The summed E-state index contributed by atoms with van der Waals surface area (Å²) in [6, 6.07) is -0.873. The molecule has 1 heterocycles. The lowest BCUT2D eigenvalue weighted by Gasteiger charge is -2.17. The molecule has 3 atom stereocenters. The predicted octanol–water partition coefficient (Wildman–Crippen LogP) is -0.555. The molecule has 5 N–H and O–H groups in total. The van der Waals surface area contributed by atoms with Crippen molar-refractivity contribution in [2.24, 2.45) is 17.4 Å². The lowest BCUT2D eigenvalue weighted by molar-refractivity contribution is -0.121. The maximum atomic E-state index is 11.9. The van der Waals surface area contributed by atoms with Gasteiger partial charge in [0.15, 0.2) is 5.78 Å². The zero-order chi connectivity index (χ0) is 12.3. The van der Waals surface area contributed by atoms with Gasteiger partial charge in [0.25, 0.3) is 0 Å². The van der Waals surface area contributed by atoms with Crippen LogP contribution in [0.3, 0.4) is 0 Å². The topological polar surface area (TPSA) is 98.2 Å². The molecule has 92 valence electrons. The summed E-state index contributed by atoms with van der Waals surface area (Å²) in [5, 5.41) is 2.52. The maximum Gasteiger partial charge on any atom is 0.235 e. The van der Waals surface area contributed by atoms with Crippen LogP contribution in [0.1, 0.15) is 20.3 Å². The highest BCUT2D eigenvalue weighted by atomic mass is 32.2. The molecule has 0 spiro atoms. The molecule has 0 aromatic rings. The van der Waals surface area contributed by atoms with E-state index >= 15 is 0 Å². The molecule has 6 heteroatoms. The van der Waals surface area contributed by atoms with Crippen LogP contribution in [0.15, 0.2) is 0 Å². The largest absolute Gasteiger partial charge is 0.368 e. The van der Waals surface area contributed by atoms with E-state index in [4.69, 9.17) is 11.5 Å². The van der Waals surface area contributed by atoms with Gasteiger partial charge >= 0.3 is 0 Å². The second kappa shape index (κ2) is 5.65. The first-order valence-electron chi connectivity index (χ1n) is 5.38. The number of rotatable bonds is 5. The van der Waals surface area contributed by atoms with E-state index in [1.54, 1.807) is 0 Å². The molecule has 0 aromatic carbocycles. The van der Waals surface area contributed by atoms with E-state index in [1.807, 2.05) is 13.8 Å². The van der Waals surface area contributed by atoms with Gasteiger partial charge in [0.1, 0.15) is 5.37 Å². The van der Waals surface area contributed by atoms with Crippen LogP contribution in [0.2, 0.25) is 0 Å². The Bertz CT molecular complexity index is 283. The monoisotopic (exact) mass is 245 g/mol. The lowest BCUT2D eigenvalue weighted by atomic mass is 10.0. The molecule has 1 aliphatic rings. The van der Waals surface area contributed by atoms with E-state index in [0.717, 1.165) is 0 Å². The molecule has 1 saturated heterocycles. The van der Waals surface area contributed by atoms with Crippen LogP contribution in [0, 0.1) is 5.92 Å². The maximum absolute atomic E-state index is 11.9. The summed E-state index contributed by atoms with van der Waals surface area (Å²) in [6.45, 7) is 4.04. The van der Waals surface area contributed by atoms with Gasteiger partial charge in [-0.2, -0.15) is 0 Å². The lowest BCUT2D eigenvalue weighted by Crippen LogP contribution is -2.47. The zero-order valence-electron chi connectivity index (χ0n) is 9.60. The number of ketones is 1. The molecule has 5 nitrogen and oxygen atoms in total. The number of Topliss-reactive ketones (excluding diaryl/α,β-unsaturated/α-hetero) is 1. The second-order valence-corrected chi connectivity index (χ2v) is 5.61. The number of hydrogen-bond acceptors (Lipinski definition) is 5. The fraction of sp³-hybridized carbons (Fsp3) is 0.800. The highest BCUT2D eigenvalue weighted by Crippen LogP contribution is 2.21. The first-order chi connectivity index (χ1) is 7.41. The minimum Gasteiger partial charge on any atom is -0.368 e. The predicted molar refractivity (Wildman–Crippen MR) is 64.8 cm³/mol. The van der Waals surface area contributed by atoms with Crippen LogP contribution >= 0.6 is 11.8 Å². The second-order valence-electron chi connectivity index (χ2n) is 4.47. The third-order valence-corrected chi connectivity index (χ3v) is 3.70. The molecule has 1 rings (SSSR count). The van der Waals surface area contributed by atoms with Crippen molar-refractivity contribution in [3.8, 4) is 0 Å². The molecule has 0 aromatic heterocycles. The number of hydrogen-bond donors (Lipinski definition) is 3. The van der Waals surface area contributed by atoms with Gasteiger partial charge in [-0.1, -0.05) is 13.8 Å². The van der Waals surface area contributed by atoms with E-state index in [-0.39, 0.29) is 11.2 Å². The summed E-state index contributed by atoms with van der Waals surface area (Å²) in [5.41, 5.74) is 11.0. The van der Waals surface area contributed by atoms with Crippen LogP contribution < -0.4 is 16.8 Å². The smallest absolute Gasteiger partial charge is 0.235 e. The average molecular weight is 245 g/mol. The molecular formula is C10H19N3O2S. The molecule has 2 unspecified atom stereocenters. The fourth-order valence-electron chi connectivity index (χ4n) is 1.62. The van der Waals surface area contributed by atoms with Crippen molar-refractivity contribution < 1.29 is 9.59 Å². The number of nitrogens with two attached hydrogens (primary N) is 2. The highest BCUT2D eigenvalue weighted by Gasteiger charge is 2.34. The molecular weight excluding hydrogens is 226 g/mol. The Labute approximate surface area is 99.7 Å². The van der Waals surface area contributed by atoms with Crippen molar-refractivity contribution >= 4 is 23.5 Å². The van der Waals surface area contributed by atoms with Crippen molar-refractivity contribution in [1.29, 1.82) is 0 Å². The van der Waals surface area contributed by atoms with Crippen molar-refractivity contribution in [2.45, 2.75) is 37.7 Å². The minimum absolute atomic E-state index is 0.0394. The summed E-state index contributed by atoms with van der Waals surface area (Å²) >= 11 is 1.40. The van der Waals surface area contributed by atoms with E-state index in [9.17, 15) is 9.59 Å². The summed E-state index contributed by atoms with van der Waals surface area (Å²) < 4.78 is 0. The third-order valence-electron chi connectivity index (χ3n) is 2.47. The summed E-state index contributed by atoms with van der Waals surface area (Å²) in [5.74, 6) is 0.472. The van der Waals surface area contributed by atoms with E-state index < -0.39 is 18.0 Å². The minimum atomic E-state index is -0.461. The van der Waals surface area contributed by atoms with Gasteiger partial charge in [0, 0.05) is 5.75 Å². The third kappa shape index (κ3) is 3.47. The van der Waals surface area contributed by atoms with Gasteiger partial charge in [0.05, 0.1) is 12.1 Å². The summed E-state index contributed by atoms with van der Waals surface area (Å²) in [7, 11) is 0. The summed E-state index contributed by atoms with van der Waals surface area (Å²) in [4.78, 5) is 22.8. The van der Waals surface area contributed by atoms with E-state index in [0.29, 0.717) is 18.1 Å². The van der Waals surface area contributed by atoms with Gasteiger partial charge in [-0.25, -0.2) is 0 Å². The van der Waals surface area contributed by atoms with E-state index in [2.05, 4.69) is 5.32 Å². The van der Waals surface area contributed by atoms with Crippen LogP contribution in [-0.2, 0) is 9.59 Å². The van der Waals surface area contributed by atoms with Crippen LogP contribution in [0.4, 0.5) is 0 Å². The quantitative estimate of drug-likeness (QED) is 0.603. The Hall–Kier alpha value is -0.590. The Morgan fingerprint density at radius 2 is 2.12 bits per heavy atom. The molecule has 1 fully saturated rings. The molecule has 1 amide bonds. The number of carbonyl (C=O) groups is 2. The number of thioether (sulfide) groups is 1. The van der Waals surface area contributed by atoms with Gasteiger partial charge in [-0.15, -0.1) is 11.8 Å². The van der Waals surface area contributed by atoms with Gasteiger partial charge in [-0.3, -0.25) is 14.9 Å². The van der Waals surface area contributed by atoms with Crippen molar-refractivity contribution in [3.63, 3.8) is 0 Å². The van der Waals surface area contributed by atoms with Gasteiger partial charge in [0.2, 0.25) is 5.91 Å². The van der Waals surface area contributed by atoms with Crippen LogP contribution in [0.25, 0.3) is 0 Å². The molecule has 0 saturated carbocycles. The first kappa shape index (κ1) is 13.5. The molecule has 0 aliphatic carbocycles. The standard InChI is InChI=1S/C10H19N3O2S/c1-5(2)3-6(11)8(14)10-13-7(4-16-10)9(12)15/h5-7,10,13H,3-4,11H2,1-2H3,(H2,12,15)/t6-,7?,10?/m0/s1. The Morgan fingerprint density at radius 1 is 1.50 bits per heavy atom. The number of carbonyl (C=O) groups excluding carboxylic acids is 2. The Balaban J connectivity index is 2.47. The number of primary amides is 1. The SMILES string of the molecule is CC(C)C[C@H](N)C(=O)C1NC(C(N)=O)CS1. The molecule has 0 radical (unpaired) electrons. The van der Waals surface area contributed by atoms with E-state index in [1.165, 1.54) is 11.8 Å². The molecule has 0 bridgehead atoms. The van der Waals surface area contributed by atoms with Crippen molar-refractivity contribution in [2.75, 3.05) is 5.75 Å². The van der Waals surface area contributed by atoms with Crippen molar-refractivity contribution in [3.05, 3.63) is 0 Å². The number of nitrogens with one attached hydrogen (secondary N) is 1. The first-order valence-corrected chi connectivity index (χ1v) is 6.43. The van der Waals surface area contributed by atoms with Crippen LogP contribution in [-0.4, -0.2) is 34.9 Å². The molecule has 16 heavy (non-hydrogen) atoms. The average Bonchev–Trinajstić information content (AvgIpc) is 2.64. The summed E-state index contributed by atoms with van der Waals surface area (Å²) in [6.07, 6.45) is 0.665. The Morgan fingerprint density at radius 3 is 2.56 bits per heavy atom. The molecule has 1 aliphatic heterocycles. The van der Waals surface area contributed by atoms with Gasteiger partial charge in [-0.05, 0) is 12.3 Å². The highest BCUT2D eigenvalue weighted by molar-refractivity contribution is 8.00.